The number of aliphatic hydroxyl groups excluding tert-OH is 1. The number of hydrogen-bond donors (Lipinski definition) is 4. The van der Waals surface area contributed by atoms with E-state index in [0.717, 1.165) is 77.3 Å². The Morgan fingerprint density at radius 1 is 0.783 bits per heavy atom. The second-order valence-electron chi connectivity index (χ2n) is 19.5. The van der Waals surface area contributed by atoms with Gasteiger partial charge in [0.1, 0.15) is 17.8 Å². The molecule has 69 heavy (non-hydrogen) atoms. The van der Waals surface area contributed by atoms with Crippen LogP contribution in [-0.4, -0.2) is 152 Å². The zero-order valence-corrected chi connectivity index (χ0v) is 40.5. The summed E-state index contributed by atoms with van der Waals surface area (Å²) in [5.41, 5.74) is -0.148. The second kappa shape index (κ2) is 23.0. The summed E-state index contributed by atoms with van der Waals surface area (Å²) in [5, 5.41) is 11.3. The third-order valence-electron chi connectivity index (χ3n) is 14.0. The number of fused-ring (bicyclic) bond motifs is 2. The summed E-state index contributed by atoms with van der Waals surface area (Å²) in [6, 6.07) is -1.66. The summed E-state index contributed by atoms with van der Waals surface area (Å²) in [4.78, 5) is 30.8. The van der Waals surface area contributed by atoms with Crippen LogP contribution in [0.25, 0.3) is 0 Å². The van der Waals surface area contributed by atoms with Crippen molar-refractivity contribution in [1.29, 1.82) is 0 Å². The van der Waals surface area contributed by atoms with Crippen molar-refractivity contribution < 1.29 is 67.3 Å². The molecule has 4 heterocycles. The number of nitrogens with zero attached hydrogens (tertiary/aromatic N) is 5. The number of carbonyl (C=O) groups is 1. The fourth-order valence-electron chi connectivity index (χ4n) is 10.4. The normalized spacial score (nSPS) is 33.4. The summed E-state index contributed by atoms with van der Waals surface area (Å²) in [7, 11) is -6.82. The highest BCUT2D eigenvalue weighted by molar-refractivity contribution is 7.89. The van der Waals surface area contributed by atoms with Gasteiger partial charge < -0.3 is 24.6 Å². The molecule has 4 aliphatic carbocycles. The van der Waals surface area contributed by atoms with Crippen molar-refractivity contribution in [3.05, 3.63) is 48.1 Å². The van der Waals surface area contributed by atoms with E-state index in [0.29, 0.717) is 37.1 Å². The van der Waals surface area contributed by atoms with Gasteiger partial charge in [-0.05, 0) is 104 Å². The number of halogens is 6. The van der Waals surface area contributed by atoms with Crippen LogP contribution in [-0.2, 0) is 45.1 Å². The molecule has 1 amide bonds. The minimum absolute atomic E-state index is 0. The topological polar surface area (TPSA) is 224 Å². The van der Waals surface area contributed by atoms with E-state index < -0.39 is 81.0 Å². The van der Waals surface area contributed by atoms with Crippen LogP contribution in [0.15, 0.2) is 24.8 Å². The average molecular weight is 1030 g/mol. The minimum atomic E-state index is -3.58. The van der Waals surface area contributed by atoms with Crippen LogP contribution in [0, 0.1) is 23.5 Å². The molecular weight excluding hydrogens is 963 g/mol. The molecule has 14 atom stereocenters. The predicted molar refractivity (Wildman–Crippen MR) is 241 cm³/mol. The number of hydrogen-bond acceptors (Lipinski definition) is 14. The van der Waals surface area contributed by atoms with E-state index in [1.165, 1.54) is 35.9 Å². The number of nitrogens with one attached hydrogen (secondary N) is 3. The van der Waals surface area contributed by atoms with Crippen molar-refractivity contribution in [3.63, 3.8) is 0 Å². The van der Waals surface area contributed by atoms with Crippen LogP contribution in [0.2, 0.25) is 0 Å². The first-order chi connectivity index (χ1) is 31.8. The molecule has 0 bridgehead atoms. The fraction of sp³-hybridized carbons (Fsp3) is 0.795. The molecule has 0 aromatic carbocycles. The number of likely N-dealkylation sites (tertiary alicyclic amines) is 1. The first kappa shape index (κ1) is 56.6. The zero-order chi connectivity index (χ0) is 49.9. The van der Waals surface area contributed by atoms with Gasteiger partial charge in [-0.25, -0.2) is 77.4 Å². The van der Waals surface area contributed by atoms with Crippen LogP contribution >= 0.6 is 0 Å². The molecule has 2 aromatic heterocycles. The molecule has 2 unspecified atom stereocenters. The summed E-state index contributed by atoms with van der Waals surface area (Å²) in [6.45, 7) is 6.45. The lowest BCUT2D eigenvalue weighted by atomic mass is 9.86. The van der Waals surface area contributed by atoms with E-state index in [1.54, 1.807) is 6.92 Å². The number of rotatable bonds is 15. The fourth-order valence-corrected chi connectivity index (χ4v) is 12.0. The van der Waals surface area contributed by atoms with Crippen LogP contribution in [0.5, 0.6) is 0 Å². The first-order valence-corrected chi connectivity index (χ1v) is 26.7. The molecule has 6 aliphatic rings. The standard InChI is InChI=1S/C22H31F3N4O5S.C18H27FN4O3S.C3H6F2O.CH4/c1-12-6-17(28-35(3,31)32)18(29(12)21(30)34-13(2)19(24)25)11-33-16-4-5-22(8-14(22)7-16)20-26-9-15(23)10-27-20;1-11-5-15(23-27(2,24)25)16(22-11)10-26-14-3-4-18(7-12(18)6-14)17-20-8-13(19)9-21-17;1-2(6)3(4)5;/h9-10,12-14,16-19,28H,4-8,11H2,1-3H3;8-9,11-12,14-16,22-23H,3-7,10H2,1-2H3;2-3,6H,1H3;1H4/t12-,13?,14-,16+,17+,18+,22-;11-,12-,14+,15+,16+,18-;;/m11../s1. The van der Waals surface area contributed by atoms with E-state index in [4.69, 9.17) is 19.3 Å². The number of carbonyl (C=O) groups excluding carboxylic acids is 1. The van der Waals surface area contributed by atoms with Gasteiger partial charge in [0, 0.05) is 41.0 Å². The largest absolute Gasteiger partial charge is 0.440 e. The maximum atomic E-state index is 13.2. The van der Waals surface area contributed by atoms with Crippen LogP contribution in [0.3, 0.4) is 0 Å². The van der Waals surface area contributed by atoms with Gasteiger partial charge in [-0.1, -0.05) is 7.43 Å². The molecule has 4 saturated carbocycles. The Morgan fingerprint density at radius 3 is 1.65 bits per heavy atom. The predicted octanol–water partition coefficient (Wildman–Crippen LogP) is 4.99. The van der Waals surface area contributed by atoms with Crippen molar-refractivity contribution in [2.75, 3.05) is 25.7 Å². The summed E-state index contributed by atoms with van der Waals surface area (Å²) < 4.78 is 143. The van der Waals surface area contributed by atoms with Crippen molar-refractivity contribution in [2.24, 2.45) is 11.8 Å². The number of aliphatic hydroxyl groups is 1. The maximum Gasteiger partial charge on any atom is 0.410 e. The van der Waals surface area contributed by atoms with Gasteiger partial charge in [0.15, 0.2) is 17.7 Å². The highest BCUT2D eigenvalue weighted by Gasteiger charge is 2.61. The molecular formula is C44H68F6N8O9S2. The summed E-state index contributed by atoms with van der Waals surface area (Å²) >= 11 is 0. The van der Waals surface area contributed by atoms with Gasteiger partial charge in [0.2, 0.25) is 20.0 Å². The molecule has 8 rings (SSSR count). The second-order valence-corrected chi connectivity index (χ2v) is 23.0. The molecule has 0 radical (unpaired) electrons. The molecule has 2 saturated heterocycles. The van der Waals surface area contributed by atoms with Gasteiger partial charge in [0.05, 0.1) is 68.8 Å². The molecule has 17 nitrogen and oxygen atoms in total. The van der Waals surface area contributed by atoms with Crippen LogP contribution in [0.4, 0.5) is 31.1 Å². The van der Waals surface area contributed by atoms with Gasteiger partial charge in [-0.15, -0.1) is 0 Å². The Hall–Kier alpha value is -3.33. The van der Waals surface area contributed by atoms with E-state index in [9.17, 15) is 48.0 Å². The Labute approximate surface area is 401 Å². The smallest absolute Gasteiger partial charge is 0.410 e. The zero-order valence-electron chi connectivity index (χ0n) is 38.9. The highest BCUT2D eigenvalue weighted by atomic mass is 32.2. The Bertz CT molecular complexity index is 2220. The van der Waals surface area contributed by atoms with Gasteiger partial charge in [0.25, 0.3) is 12.9 Å². The Kier molecular flexibility index (Phi) is 18.9. The molecule has 25 heteroatoms. The lowest BCUT2D eigenvalue weighted by Gasteiger charge is -2.33. The van der Waals surface area contributed by atoms with E-state index in [1.807, 2.05) is 0 Å². The number of alkyl halides is 4. The van der Waals surface area contributed by atoms with Crippen molar-refractivity contribution in [2.45, 2.75) is 184 Å². The minimum Gasteiger partial charge on any atom is -0.440 e. The number of aromatic nitrogens is 4. The van der Waals surface area contributed by atoms with Gasteiger partial charge in [-0.3, -0.25) is 4.90 Å². The van der Waals surface area contributed by atoms with Crippen molar-refractivity contribution in [3.8, 4) is 0 Å². The molecule has 0 spiro atoms. The summed E-state index contributed by atoms with van der Waals surface area (Å²) in [6.07, 6.45) is 5.73. The van der Waals surface area contributed by atoms with Crippen molar-refractivity contribution in [1.82, 2.24) is 39.6 Å². The first-order valence-electron chi connectivity index (χ1n) is 22.9. The monoisotopic (exact) mass is 1030 g/mol. The molecule has 6 fully saturated rings. The van der Waals surface area contributed by atoms with Crippen LogP contribution < -0.4 is 14.8 Å². The Balaban J connectivity index is 0.000000233. The molecule has 2 aromatic rings. The maximum absolute atomic E-state index is 13.2. The van der Waals surface area contributed by atoms with Gasteiger partial charge >= 0.3 is 6.09 Å². The van der Waals surface area contributed by atoms with Crippen LogP contribution in [0.1, 0.15) is 111 Å². The number of ether oxygens (including phenoxy) is 3. The lowest BCUT2D eigenvalue weighted by Crippen LogP contribution is -2.51. The SMILES string of the molecule is C.CC(O)C(F)F.CC(OC(=O)N1[C@H](C)C[C@H](NS(C)(=O)=O)[C@@H]1CO[C@H]1CC[C@@]2(c3ncc(F)cn3)C[C@H]2C1)C(F)F.C[C@@H]1C[C@H](NS(C)(=O)=O)[C@H](CO[C@H]2CC[C@@]3(c4ncc(F)cn4)C[C@H]3C2)N1. The highest BCUT2D eigenvalue weighted by Crippen LogP contribution is 2.62. The summed E-state index contributed by atoms with van der Waals surface area (Å²) in [5.74, 6) is 1.31. The van der Waals surface area contributed by atoms with Crippen molar-refractivity contribution >= 4 is 26.1 Å². The third-order valence-corrected chi connectivity index (χ3v) is 15.4. The lowest BCUT2D eigenvalue weighted by molar-refractivity contribution is -0.0390. The van der Waals surface area contributed by atoms with E-state index >= 15 is 0 Å². The molecule has 392 valence electrons. The number of sulfonamides is 2. The third kappa shape index (κ3) is 14.9. The Morgan fingerprint density at radius 2 is 1.23 bits per heavy atom. The van der Waals surface area contributed by atoms with Gasteiger partial charge in [-0.2, -0.15) is 0 Å². The molecule has 2 aliphatic heterocycles. The van der Waals surface area contributed by atoms with E-state index in [2.05, 4.69) is 41.6 Å². The van der Waals surface area contributed by atoms with E-state index in [-0.39, 0.29) is 55.2 Å². The average Bonchev–Trinajstić information content (AvgIpc) is 4.11. The molecule has 4 N–H and O–H groups in total. The quantitative estimate of drug-likeness (QED) is 0.173. The number of amides is 1.